The van der Waals surface area contributed by atoms with Crippen molar-refractivity contribution in [2.24, 2.45) is 23.7 Å². The van der Waals surface area contributed by atoms with Crippen molar-refractivity contribution in [3.8, 4) is 0 Å². The third-order valence-corrected chi connectivity index (χ3v) is 6.33. The summed E-state index contributed by atoms with van der Waals surface area (Å²) < 4.78 is 0. The summed E-state index contributed by atoms with van der Waals surface area (Å²) in [6.07, 6.45) is 3.14. The fourth-order valence-electron chi connectivity index (χ4n) is 5.18. The number of hydrogen-bond donors (Lipinski definition) is 1. The standard InChI is InChI=1S/C22H20N2O3/c25-20(13-5-2-1-3-6-13)23-16-7-4-8-17(12-16)24-21(26)18-14-9-10-15(11-14)19(18)22(24)27/h1-8,12,14-15,18-19H,9-11H2,(H,23,25)/t14-,15-,18-,19-/m0/s1. The topological polar surface area (TPSA) is 66.5 Å². The predicted molar refractivity (Wildman–Crippen MR) is 101 cm³/mol. The number of anilines is 2. The van der Waals surface area contributed by atoms with E-state index in [0.717, 1.165) is 19.3 Å². The largest absolute Gasteiger partial charge is 0.322 e. The Kier molecular flexibility index (Phi) is 3.64. The molecular formula is C22H20N2O3. The molecule has 27 heavy (non-hydrogen) atoms. The third-order valence-electron chi connectivity index (χ3n) is 6.33. The molecule has 5 rings (SSSR count). The molecule has 2 aromatic carbocycles. The van der Waals surface area contributed by atoms with Crippen LogP contribution in [0.15, 0.2) is 54.6 Å². The van der Waals surface area contributed by atoms with Gasteiger partial charge < -0.3 is 5.32 Å². The Morgan fingerprint density at radius 1 is 0.889 bits per heavy atom. The molecule has 136 valence electrons. The van der Waals surface area contributed by atoms with Crippen molar-refractivity contribution in [1.29, 1.82) is 0 Å². The van der Waals surface area contributed by atoms with Gasteiger partial charge in [0.15, 0.2) is 0 Å². The van der Waals surface area contributed by atoms with Gasteiger partial charge in [0.1, 0.15) is 0 Å². The molecular weight excluding hydrogens is 340 g/mol. The summed E-state index contributed by atoms with van der Waals surface area (Å²) in [4.78, 5) is 39.6. The number of imide groups is 1. The first-order chi connectivity index (χ1) is 13.1. The number of benzene rings is 2. The lowest BCUT2D eigenvalue weighted by atomic mass is 9.81. The molecule has 0 aromatic heterocycles. The highest BCUT2D eigenvalue weighted by molar-refractivity contribution is 6.22. The SMILES string of the molecule is O=C(Nc1cccc(N2C(=O)[C@H]3[C@H]4CC[C@@H](C4)[C@@H]3C2=O)c1)c1ccccc1. The van der Waals surface area contributed by atoms with Gasteiger partial charge >= 0.3 is 0 Å². The van der Waals surface area contributed by atoms with Crippen LogP contribution < -0.4 is 10.2 Å². The number of carbonyl (C=O) groups excluding carboxylic acids is 3. The van der Waals surface area contributed by atoms with Crippen LogP contribution in [0.3, 0.4) is 0 Å². The summed E-state index contributed by atoms with van der Waals surface area (Å²) in [5.41, 5.74) is 1.67. The van der Waals surface area contributed by atoms with Crippen molar-refractivity contribution in [2.45, 2.75) is 19.3 Å². The monoisotopic (exact) mass is 360 g/mol. The number of carbonyl (C=O) groups is 3. The molecule has 2 bridgehead atoms. The summed E-state index contributed by atoms with van der Waals surface area (Å²) in [6.45, 7) is 0. The smallest absolute Gasteiger partial charge is 0.255 e. The van der Waals surface area contributed by atoms with Gasteiger partial charge in [0.2, 0.25) is 11.8 Å². The van der Waals surface area contributed by atoms with Gasteiger partial charge in [-0.05, 0) is 61.4 Å². The van der Waals surface area contributed by atoms with Crippen molar-refractivity contribution in [1.82, 2.24) is 0 Å². The molecule has 1 heterocycles. The van der Waals surface area contributed by atoms with Crippen LogP contribution in [-0.4, -0.2) is 17.7 Å². The maximum atomic E-state index is 13.0. The highest BCUT2D eigenvalue weighted by Gasteiger charge is 2.61. The molecule has 3 fully saturated rings. The Labute approximate surface area is 157 Å². The van der Waals surface area contributed by atoms with Crippen LogP contribution in [0.5, 0.6) is 0 Å². The van der Waals surface area contributed by atoms with E-state index in [0.29, 0.717) is 28.8 Å². The van der Waals surface area contributed by atoms with Gasteiger partial charge in [0.25, 0.3) is 5.91 Å². The first-order valence-corrected chi connectivity index (χ1v) is 9.48. The van der Waals surface area contributed by atoms with E-state index in [2.05, 4.69) is 5.32 Å². The molecule has 1 N–H and O–H groups in total. The van der Waals surface area contributed by atoms with E-state index in [1.54, 1.807) is 48.5 Å². The summed E-state index contributed by atoms with van der Waals surface area (Å²) in [5.74, 6) is 0.0941. The fourth-order valence-corrected chi connectivity index (χ4v) is 5.18. The molecule has 3 amide bonds. The van der Waals surface area contributed by atoms with Gasteiger partial charge in [-0.2, -0.15) is 0 Å². The minimum Gasteiger partial charge on any atom is -0.322 e. The summed E-state index contributed by atoms with van der Waals surface area (Å²) in [6, 6.07) is 15.9. The van der Waals surface area contributed by atoms with Crippen LogP contribution >= 0.6 is 0 Å². The van der Waals surface area contributed by atoms with Crippen LogP contribution in [0.2, 0.25) is 0 Å². The van der Waals surface area contributed by atoms with E-state index in [-0.39, 0.29) is 29.6 Å². The van der Waals surface area contributed by atoms with Gasteiger partial charge in [-0.3, -0.25) is 14.4 Å². The molecule has 2 aromatic rings. The summed E-state index contributed by atoms with van der Waals surface area (Å²) >= 11 is 0. The Hall–Kier alpha value is -2.95. The minimum absolute atomic E-state index is 0.0660. The molecule has 5 nitrogen and oxygen atoms in total. The van der Waals surface area contributed by atoms with Gasteiger partial charge in [-0.1, -0.05) is 24.3 Å². The quantitative estimate of drug-likeness (QED) is 0.852. The van der Waals surface area contributed by atoms with Crippen LogP contribution in [0.4, 0.5) is 11.4 Å². The molecule has 1 saturated heterocycles. The molecule has 4 atom stereocenters. The second-order valence-corrected chi connectivity index (χ2v) is 7.77. The van der Waals surface area contributed by atoms with Gasteiger partial charge in [0.05, 0.1) is 17.5 Å². The number of nitrogens with one attached hydrogen (secondary N) is 1. The average molecular weight is 360 g/mol. The zero-order valence-corrected chi connectivity index (χ0v) is 14.8. The Morgan fingerprint density at radius 3 is 2.22 bits per heavy atom. The Bertz CT molecular complexity index is 912. The molecule has 3 aliphatic rings. The average Bonchev–Trinajstić information content (AvgIpc) is 3.36. The number of nitrogens with zero attached hydrogens (tertiary/aromatic N) is 1. The highest BCUT2D eigenvalue weighted by atomic mass is 16.2. The Balaban J connectivity index is 1.40. The second kappa shape index (κ2) is 6.05. The lowest BCUT2D eigenvalue weighted by Crippen LogP contribution is -2.32. The summed E-state index contributed by atoms with van der Waals surface area (Å²) in [5, 5.41) is 2.84. The number of fused-ring (bicyclic) bond motifs is 5. The van der Waals surface area contributed by atoms with E-state index in [1.807, 2.05) is 6.07 Å². The molecule has 2 aliphatic carbocycles. The first kappa shape index (κ1) is 16.2. The van der Waals surface area contributed by atoms with E-state index >= 15 is 0 Å². The maximum Gasteiger partial charge on any atom is 0.255 e. The number of hydrogen-bond acceptors (Lipinski definition) is 3. The van der Waals surface area contributed by atoms with Crippen molar-refractivity contribution in [2.75, 3.05) is 10.2 Å². The predicted octanol–water partition coefficient (Wildman–Crippen LogP) is 3.47. The van der Waals surface area contributed by atoms with E-state index < -0.39 is 0 Å². The molecule has 0 radical (unpaired) electrons. The molecule has 0 unspecified atom stereocenters. The first-order valence-electron chi connectivity index (χ1n) is 9.48. The van der Waals surface area contributed by atoms with E-state index in [1.165, 1.54) is 4.90 Å². The molecule has 2 saturated carbocycles. The van der Waals surface area contributed by atoms with Gasteiger partial charge in [-0.15, -0.1) is 0 Å². The number of amides is 3. The van der Waals surface area contributed by atoms with Crippen molar-refractivity contribution >= 4 is 29.1 Å². The van der Waals surface area contributed by atoms with E-state index in [9.17, 15) is 14.4 Å². The zero-order chi connectivity index (χ0) is 18.5. The molecule has 0 spiro atoms. The lowest BCUT2D eigenvalue weighted by molar-refractivity contribution is -0.123. The van der Waals surface area contributed by atoms with Crippen LogP contribution in [-0.2, 0) is 9.59 Å². The molecule has 5 heteroatoms. The maximum absolute atomic E-state index is 13.0. The van der Waals surface area contributed by atoms with E-state index in [4.69, 9.17) is 0 Å². The lowest BCUT2D eigenvalue weighted by Gasteiger charge is -2.19. The second-order valence-electron chi connectivity index (χ2n) is 7.77. The van der Waals surface area contributed by atoms with Crippen LogP contribution in [0.25, 0.3) is 0 Å². The van der Waals surface area contributed by atoms with Crippen molar-refractivity contribution < 1.29 is 14.4 Å². The fraction of sp³-hybridized carbons (Fsp3) is 0.318. The van der Waals surface area contributed by atoms with Gasteiger partial charge in [0, 0.05) is 11.3 Å². The number of rotatable bonds is 3. The normalized spacial score (nSPS) is 28.5. The highest BCUT2D eigenvalue weighted by Crippen LogP contribution is 2.56. The third kappa shape index (κ3) is 2.49. The van der Waals surface area contributed by atoms with Crippen molar-refractivity contribution in [3.05, 3.63) is 60.2 Å². The Morgan fingerprint density at radius 2 is 1.56 bits per heavy atom. The van der Waals surface area contributed by atoms with Crippen LogP contribution in [0, 0.1) is 23.7 Å². The van der Waals surface area contributed by atoms with Gasteiger partial charge in [-0.25, -0.2) is 4.90 Å². The minimum atomic E-state index is -0.221. The van der Waals surface area contributed by atoms with Crippen molar-refractivity contribution in [3.63, 3.8) is 0 Å². The zero-order valence-electron chi connectivity index (χ0n) is 14.8. The molecule has 1 aliphatic heterocycles. The summed E-state index contributed by atoms with van der Waals surface area (Å²) in [7, 11) is 0. The van der Waals surface area contributed by atoms with Crippen LogP contribution in [0.1, 0.15) is 29.6 Å².